The number of amides is 1. The summed E-state index contributed by atoms with van der Waals surface area (Å²) < 4.78 is 15.8. The average Bonchev–Trinajstić information content (AvgIpc) is 3.01. The summed E-state index contributed by atoms with van der Waals surface area (Å²) in [6.45, 7) is 11.5. The van der Waals surface area contributed by atoms with Crippen LogP contribution in [0.3, 0.4) is 0 Å². The summed E-state index contributed by atoms with van der Waals surface area (Å²) in [4.78, 5) is 30.2. The molecule has 2 atom stereocenters. The van der Waals surface area contributed by atoms with Gasteiger partial charge in [-0.15, -0.1) is 0 Å². The number of hydrogen-bond donors (Lipinski definition) is 0. The van der Waals surface area contributed by atoms with Crippen molar-refractivity contribution in [2.45, 2.75) is 52.7 Å². The number of fused-ring (bicyclic) bond motifs is 2. The van der Waals surface area contributed by atoms with E-state index in [2.05, 4.69) is 11.0 Å². The van der Waals surface area contributed by atoms with Gasteiger partial charge in [0.2, 0.25) is 5.91 Å². The maximum Gasteiger partial charge on any atom is 0.419 e. The molecule has 0 saturated heterocycles. The molecule has 1 amide bonds. The molecule has 0 bridgehead atoms. The molecule has 166 valence electrons. The van der Waals surface area contributed by atoms with Crippen LogP contribution in [0, 0.1) is 5.92 Å². The van der Waals surface area contributed by atoms with E-state index in [9.17, 15) is 9.59 Å². The molecule has 1 aliphatic carbocycles. The summed E-state index contributed by atoms with van der Waals surface area (Å²) in [6, 6.07) is 5.91. The highest BCUT2D eigenvalue weighted by molar-refractivity contribution is 6.02. The fourth-order valence-electron chi connectivity index (χ4n) is 4.84. The van der Waals surface area contributed by atoms with Gasteiger partial charge >= 0.3 is 6.09 Å². The van der Waals surface area contributed by atoms with Crippen LogP contribution in [0.5, 0.6) is 0 Å². The molecule has 0 spiro atoms. The average molecular weight is 425 g/mol. The van der Waals surface area contributed by atoms with Crippen LogP contribution < -0.4 is 0 Å². The van der Waals surface area contributed by atoms with Crippen LogP contribution in [0.1, 0.15) is 47.1 Å². The molecule has 0 fully saturated rings. The van der Waals surface area contributed by atoms with Crippen LogP contribution in [0.2, 0.25) is 0 Å². The lowest BCUT2D eigenvalue weighted by Crippen LogP contribution is -2.47. The Kier molecular flexibility index (Phi) is 5.13. The summed E-state index contributed by atoms with van der Waals surface area (Å²) in [5, 5.41) is 0.926. The Morgan fingerprint density at radius 1 is 1.26 bits per heavy atom. The molecule has 2 heterocycles. The zero-order valence-corrected chi connectivity index (χ0v) is 19.4. The van der Waals surface area contributed by atoms with Crippen LogP contribution in [-0.2, 0) is 16.0 Å². The van der Waals surface area contributed by atoms with Crippen molar-refractivity contribution in [1.29, 1.82) is 0 Å². The van der Waals surface area contributed by atoms with Gasteiger partial charge < -0.3 is 9.64 Å². The largest absolute Gasteiger partial charge is 0.443 e. The van der Waals surface area contributed by atoms with Crippen LogP contribution in [0.15, 0.2) is 30.4 Å². The van der Waals surface area contributed by atoms with E-state index in [0.29, 0.717) is 31.6 Å². The Bertz CT molecular complexity index is 1110. The Morgan fingerprint density at radius 2 is 1.97 bits per heavy atom. The predicted molar refractivity (Wildman–Crippen MR) is 123 cm³/mol. The number of aromatic nitrogens is 1. The molecular formula is C25H33N3O3. The first-order valence-electron chi connectivity index (χ1n) is 11.6. The molecule has 6 nitrogen and oxygen atoms in total. The Hall–Kier alpha value is -2.60. The zero-order chi connectivity index (χ0) is 23.4. The highest BCUT2D eigenvalue weighted by Gasteiger charge is 2.37. The van der Waals surface area contributed by atoms with Crippen molar-refractivity contribution in [3.8, 4) is 0 Å². The third kappa shape index (κ3) is 3.78. The summed E-state index contributed by atoms with van der Waals surface area (Å²) in [5.74, 6) is -0.0513. The molecule has 31 heavy (non-hydrogen) atoms. The van der Waals surface area contributed by atoms with Gasteiger partial charge in [-0.3, -0.25) is 14.3 Å². The number of rotatable bonds is 3. The van der Waals surface area contributed by atoms with E-state index < -0.39 is 11.7 Å². The van der Waals surface area contributed by atoms with E-state index in [-0.39, 0.29) is 24.0 Å². The van der Waals surface area contributed by atoms with Crippen molar-refractivity contribution < 1.29 is 15.7 Å². The summed E-state index contributed by atoms with van der Waals surface area (Å²) in [7, 11) is 2.04. The first kappa shape index (κ1) is 20.3. The Morgan fingerprint density at radius 3 is 2.61 bits per heavy atom. The molecule has 1 aromatic carbocycles. The number of carbonyl (C=O) groups is 2. The minimum absolute atomic E-state index is 0.0763. The van der Waals surface area contributed by atoms with Crippen molar-refractivity contribution in [1.82, 2.24) is 14.4 Å². The molecule has 2 aliphatic rings. The van der Waals surface area contributed by atoms with Gasteiger partial charge in [0.15, 0.2) is 0 Å². The fourth-order valence-corrected chi connectivity index (χ4v) is 4.84. The number of benzene rings is 1. The predicted octanol–water partition coefficient (Wildman–Crippen LogP) is 4.16. The van der Waals surface area contributed by atoms with Crippen LogP contribution in [-0.4, -0.2) is 64.7 Å². The molecule has 0 unspecified atom stereocenters. The molecule has 1 aromatic heterocycles. The van der Waals surface area contributed by atoms with E-state index in [1.807, 2.05) is 64.8 Å². The van der Waals surface area contributed by atoms with E-state index in [1.54, 1.807) is 0 Å². The van der Waals surface area contributed by atoms with Gasteiger partial charge in [-0.05, 0) is 70.9 Å². The number of hydrogen-bond acceptors (Lipinski definition) is 4. The topological polar surface area (TPSA) is 54.8 Å². The highest BCUT2D eigenvalue weighted by Crippen LogP contribution is 2.42. The second kappa shape index (κ2) is 7.83. The molecule has 2 aromatic rings. The second-order valence-corrected chi connectivity index (χ2v) is 9.50. The van der Waals surface area contributed by atoms with Crippen molar-refractivity contribution in [3.05, 3.63) is 41.6 Å². The zero-order valence-electron chi connectivity index (χ0n) is 20.4. The van der Waals surface area contributed by atoms with E-state index in [1.165, 1.54) is 4.57 Å². The van der Waals surface area contributed by atoms with Gasteiger partial charge in [0, 0.05) is 37.2 Å². The SMILES string of the molecule is [2H]c1c2c3c(cccc3n1C(=O)OC(C)(C)C)C1=C[C@@H](C(=O)N(CC)CC)CN(C)[C@@H]1C2. The Balaban J connectivity index is 1.85. The third-order valence-electron chi connectivity index (χ3n) is 6.27. The number of nitrogens with zero attached hydrogens (tertiary/aromatic N) is 3. The maximum atomic E-state index is 13.1. The summed E-state index contributed by atoms with van der Waals surface area (Å²) in [6.07, 6.45) is 2.42. The summed E-state index contributed by atoms with van der Waals surface area (Å²) in [5.41, 5.74) is 3.03. The first-order valence-corrected chi connectivity index (χ1v) is 11.1. The first-order chi connectivity index (χ1) is 15.1. The fraction of sp³-hybridized carbons (Fsp3) is 0.520. The maximum absolute atomic E-state index is 13.1. The molecular weight excluding hydrogens is 390 g/mol. The van der Waals surface area contributed by atoms with Gasteiger partial charge in [0.25, 0.3) is 0 Å². The molecule has 0 N–H and O–H groups in total. The standard InChI is InChI=1S/C25H33N3O3/c1-7-27(8-2)23(29)17-12-19-18-10-9-11-20-22(18)16(13-21(19)26(6)14-17)15-28(20)24(30)31-25(3,4)5/h9-12,15,17,21H,7-8,13-14H2,1-6H3/t17-,21-/m1/s1/i15D. The monoisotopic (exact) mass is 424 g/mol. The Labute approximate surface area is 185 Å². The quantitative estimate of drug-likeness (QED) is 0.742. The van der Waals surface area contributed by atoms with Gasteiger partial charge in [0.1, 0.15) is 5.60 Å². The van der Waals surface area contributed by atoms with Gasteiger partial charge in [-0.25, -0.2) is 4.79 Å². The lowest BCUT2D eigenvalue weighted by molar-refractivity contribution is -0.134. The molecule has 6 heteroatoms. The van der Waals surface area contributed by atoms with E-state index >= 15 is 0 Å². The summed E-state index contributed by atoms with van der Waals surface area (Å²) >= 11 is 0. The lowest BCUT2D eigenvalue weighted by Gasteiger charge is -2.40. The molecule has 0 radical (unpaired) electrons. The van der Waals surface area contributed by atoms with Gasteiger partial charge in [-0.2, -0.15) is 0 Å². The molecule has 1 aliphatic heterocycles. The highest BCUT2D eigenvalue weighted by atomic mass is 16.6. The third-order valence-corrected chi connectivity index (χ3v) is 6.27. The number of carbonyl (C=O) groups excluding carboxylic acids is 2. The van der Waals surface area contributed by atoms with Crippen LogP contribution >= 0.6 is 0 Å². The van der Waals surface area contributed by atoms with E-state index in [0.717, 1.165) is 22.1 Å². The van der Waals surface area contributed by atoms with Gasteiger partial charge in [0.05, 0.1) is 12.8 Å². The van der Waals surface area contributed by atoms with Crippen molar-refractivity contribution >= 4 is 28.5 Å². The second-order valence-electron chi connectivity index (χ2n) is 9.50. The molecule has 4 rings (SSSR count). The van der Waals surface area contributed by atoms with E-state index in [4.69, 9.17) is 6.11 Å². The lowest BCUT2D eigenvalue weighted by atomic mass is 9.79. The van der Waals surface area contributed by atoms with Gasteiger partial charge in [-0.1, -0.05) is 18.2 Å². The van der Waals surface area contributed by atoms with Crippen LogP contribution in [0.4, 0.5) is 4.79 Å². The number of likely N-dealkylation sites (N-methyl/N-ethyl adjacent to an activating group) is 1. The minimum Gasteiger partial charge on any atom is -0.443 e. The number of ether oxygens (including phenoxy) is 1. The van der Waals surface area contributed by atoms with Crippen molar-refractivity contribution in [3.63, 3.8) is 0 Å². The van der Waals surface area contributed by atoms with Crippen molar-refractivity contribution in [2.24, 2.45) is 5.92 Å². The molecule has 0 saturated carbocycles. The smallest absolute Gasteiger partial charge is 0.419 e. The normalized spacial score (nSPS) is 21.4. The van der Waals surface area contributed by atoms with Crippen LogP contribution in [0.25, 0.3) is 16.5 Å². The van der Waals surface area contributed by atoms with Crippen molar-refractivity contribution in [2.75, 3.05) is 26.7 Å². The minimum atomic E-state index is -0.646.